The summed E-state index contributed by atoms with van der Waals surface area (Å²) in [7, 11) is 0. The van der Waals surface area contributed by atoms with E-state index in [0.717, 1.165) is 6.92 Å². The summed E-state index contributed by atoms with van der Waals surface area (Å²) in [6, 6.07) is -1.92. The lowest BCUT2D eigenvalue weighted by Gasteiger charge is -2.52. The Hall–Kier alpha value is -1.83. The topological polar surface area (TPSA) is 226 Å². The number of nitrogens with one attached hydrogen (secondary N) is 1. The Morgan fingerprint density at radius 1 is 1.29 bits per heavy atom. The Morgan fingerprint density at radius 3 is 2.21 bits per heavy atom. The van der Waals surface area contributed by atoms with Crippen LogP contribution in [0.15, 0.2) is 0 Å². The third-order valence-corrected chi connectivity index (χ3v) is 3.84. The SMILES string of the molecule is CC(=O)N[C@@H]1[C@@H](O)[C@H](O)[C@@H](CO)O[C@]1(O)C(N)(CC(N)=O)C(=O)O. The van der Waals surface area contributed by atoms with Crippen LogP contribution in [0.1, 0.15) is 13.3 Å². The van der Waals surface area contributed by atoms with Crippen molar-refractivity contribution in [2.24, 2.45) is 11.5 Å². The number of carboxylic acids is 1. The molecule has 0 aromatic heterocycles. The van der Waals surface area contributed by atoms with Gasteiger partial charge in [0.2, 0.25) is 17.6 Å². The number of primary amides is 1. The molecule has 1 fully saturated rings. The van der Waals surface area contributed by atoms with Crippen molar-refractivity contribution in [1.29, 1.82) is 0 Å². The second-order valence-electron chi connectivity index (χ2n) is 5.61. The molecule has 0 aromatic rings. The van der Waals surface area contributed by atoms with Crippen molar-refractivity contribution in [2.75, 3.05) is 6.61 Å². The Labute approximate surface area is 136 Å². The summed E-state index contributed by atoms with van der Waals surface area (Å²) >= 11 is 0. The van der Waals surface area contributed by atoms with E-state index in [1.165, 1.54) is 0 Å². The van der Waals surface area contributed by atoms with E-state index in [1.54, 1.807) is 0 Å². The quantitative estimate of drug-likeness (QED) is 0.227. The molecule has 1 unspecified atom stereocenters. The normalized spacial score (nSPS) is 35.8. The summed E-state index contributed by atoms with van der Waals surface area (Å²) in [6.07, 6.45) is -6.49. The molecule has 6 atom stereocenters. The zero-order valence-electron chi connectivity index (χ0n) is 12.7. The number of carbonyl (C=O) groups excluding carboxylic acids is 2. The highest BCUT2D eigenvalue weighted by molar-refractivity contribution is 5.88. The molecule has 0 saturated carbocycles. The highest BCUT2D eigenvalue weighted by Gasteiger charge is 2.66. The number of ether oxygens (including phenoxy) is 1. The molecule has 0 spiro atoms. The first-order valence-corrected chi connectivity index (χ1v) is 6.85. The minimum Gasteiger partial charge on any atom is -0.480 e. The fraction of sp³-hybridized carbons (Fsp3) is 0.750. The second kappa shape index (κ2) is 6.96. The molecule has 138 valence electrons. The molecule has 1 saturated heterocycles. The van der Waals surface area contributed by atoms with Crippen molar-refractivity contribution in [3.05, 3.63) is 0 Å². The number of amides is 2. The van der Waals surface area contributed by atoms with Gasteiger partial charge in [-0.3, -0.25) is 9.59 Å². The highest BCUT2D eigenvalue weighted by atomic mass is 16.7. The van der Waals surface area contributed by atoms with E-state index >= 15 is 0 Å². The average Bonchev–Trinajstić information content (AvgIpc) is 2.46. The first-order chi connectivity index (χ1) is 10.9. The van der Waals surface area contributed by atoms with E-state index in [2.05, 4.69) is 0 Å². The Bertz CT molecular complexity index is 530. The van der Waals surface area contributed by atoms with Crippen molar-refractivity contribution >= 4 is 17.8 Å². The first kappa shape index (κ1) is 20.2. The zero-order chi connectivity index (χ0) is 18.9. The van der Waals surface area contributed by atoms with Gasteiger partial charge in [-0.25, -0.2) is 4.79 Å². The van der Waals surface area contributed by atoms with Crippen LogP contribution in [0.25, 0.3) is 0 Å². The molecule has 24 heavy (non-hydrogen) atoms. The standard InChI is InChI=1S/C12H21N3O9/c1-4(17)15-9-8(20)7(19)5(3-16)24-12(9,23)11(14,10(21)22)2-6(13)18/h5,7-9,16,19-20,23H,2-3,14H2,1H3,(H2,13,18)(H,15,17)(H,21,22)/t5-,7-,8+,9-,11?,12+/m1/s1. The van der Waals surface area contributed by atoms with Gasteiger partial charge in [0.25, 0.3) is 0 Å². The predicted octanol–water partition coefficient (Wildman–Crippen LogP) is -5.05. The van der Waals surface area contributed by atoms with E-state index in [1.807, 2.05) is 5.32 Å². The number of aliphatic carboxylic acids is 1. The van der Waals surface area contributed by atoms with E-state index < -0.39 is 66.5 Å². The van der Waals surface area contributed by atoms with E-state index in [0.29, 0.717) is 0 Å². The van der Waals surface area contributed by atoms with Gasteiger partial charge in [-0.15, -0.1) is 0 Å². The van der Waals surface area contributed by atoms with Crippen LogP contribution in [0.5, 0.6) is 0 Å². The molecule has 1 aliphatic rings. The molecule has 12 nitrogen and oxygen atoms in total. The minimum atomic E-state index is -3.06. The van der Waals surface area contributed by atoms with Gasteiger partial charge in [-0.1, -0.05) is 0 Å². The van der Waals surface area contributed by atoms with Crippen LogP contribution in [0.4, 0.5) is 0 Å². The van der Waals surface area contributed by atoms with Crippen LogP contribution in [0, 0.1) is 0 Å². The third kappa shape index (κ3) is 3.33. The summed E-state index contributed by atoms with van der Waals surface area (Å²) < 4.78 is 5.01. The molecule has 0 aromatic carbocycles. The monoisotopic (exact) mass is 351 g/mol. The van der Waals surface area contributed by atoms with E-state index in [-0.39, 0.29) is 0 Å². The van der Waals surface area contributed by atoms with Gasteiger partial charge in [-0.2, -0.15) is 0 Å². The summed E-state index contributed by atoms with van der Waals surface area (Å²) in [4.78, 5) is 34.1. The maximum atomic E-state index is 11.6. The molecule has 1 rings (SSSR count). The van der Waals surface area contributed by atoms with Gasteiger partial charge in [-0.05, 0) is 0 Å². The zero-order valence-corrected chi connectivity index (χ0v) is 12.7. The van der Waals surface area contributed by atoms with Gasteiger partial charge < -0.3 is 47.1 Å². The van der Waals surface area contributed by atoms with E-state index in [9.17, 15) is 39.9 Å². The first-order valence-electron chi connectivity index (χ1n) is 6.85. The summed E-state index contributed by atoms with van der Waals surface area (Å²) in [5, 5.41) is 51.4. The van der Waals surface area contributed by atoms with Crippen LogP contribution in [-0.4, -0.2) is 85.6 Å². The number of carbonyl (C=O) groups is 3. The van der Waals surface area contributed by atoms with Gasteiger partial charge in [0.15, 0.2) is 5.54 Å². The van der Waals surface area contributed by atoms with Crippen molar-refractivity contribution in [2.45, 2.75) is 49.0 Å². The number of hydrogen-bond donors (Lipinski definition) is 8. The van der Waals surface area contributed by atoms with Crippen LogP contribution >= 0.6 is 0 Å². The van der Waals surface area contributed by atoms with Crippen LogP contribution in [0.3, 0.4) is 0 Å². The van der Waals surface area contributed by atoms with Crippen molar-refractivity contribution in [1.82, 2.24) is 5.32 Å². The Morgan fingerprint density at radius 2 is 1.83 bits per heavy atom. The number of carboxylic acid groups (broad SMARTS) is 1. The molecule has 0 radical (unpaired) electrons. The summed E-state index contributed by atoms with van der Waals surface area (Å²) in [5.41, 5.74) is 7.71. The molecular weight excluding hydrogens is 330 g/mol. The summed E-state index contributed by atoms with van der Waals surface area (Å²) in [5.74, 6) is -7.01. The highest BCUT2D eigenvalue weighted by Crippen LogP contribution is 2.37. The van der Waals surface area contributed by atoms with E-state index in [4.69, 9.17) is 16.2 Å². The van der Waals surface area contributed by atoms with Crippen molar-refractivity contribution in [3.8, 4) is 0 Å². The van der Waals surface area contributed by atoms with Crippen LogP contribution < -0.4 is 16.8 Å². The molecule has 2 amide bonds. The molecule has 0 aliphatic carbocycles. The number of aliphatic hydroxyl groups is 4. The van der Waals surface area contributed by atoms with Gasteiger partial charge in [0.1, 0.15) is 24.4 Å². The molecule has 12 heteroatoms. The lowest BCUT2D eigenvalue weighted by molar-refractivity contribution is -0.339. The van der Waals surface area contributed by atoms with Crippen LogP contribution in [-0.2, 0) is 19.1 Å². The second-order valence-corrected chi connectivity index (χ2v) is 5.61. The lowest BCUT2D eigenvalue weighted by atomic mass is 9.76. The van der Waals surface area contributed by atoms with Crippen molar-refractivity contribution in [3.63, 3.8) is 0 Å². The molecule has 10 N–H and O–H groups in total. The molecule has 0 bridgehead atoms. The minimum absolute atomic E-state index is 0.817. The maximum Gasteiger partial charge on any atom is 0.329 e. The number of nitrogens with two attached hydrogens (primary N) is 2. The number of rotatable bonds is 6. The van der Waals surface area contributed by atoms with Crippen LogP contribution in [0.2, 0.25) is 0 Å². The number of aliphatic hydroxyl groups excluding tert-OH is 3. The van der Waals surface area contributed by atoms with Gasteiger partial charge >= 0.3 is 5.97 Å². The average molecular weight is 351 g/mol. The maximum absolute atomic E-state index is 11.6. The Kier molecular flexibility index (Phi) is 5.86. The molecule has 1 aliphatic heterocycles. The van der Waals surface area contributed by atoms with Crippen molar-refractivity contribution < 1.29 is 44.7 Å². The largest absolute Gasteiger partial charge is 0.480 e. The summed E-state index contributed by atoms with van der Waals surface area (Å²) in [6.45, 7) is 0.0737. The third-order valence-electron chi connectivity index (χ3n) is 3.84. The number of hydrogen-bond acceptors (Lipinski definition) is 9. The Balaban J connectivity index is 3.49. The fourth-order valence-corrected chi connectivity index (χ4v) is 2.58. The van der Waals surface area contributed by atoms with Gasteiger partial charge in [0.05, 0.1) is 13.0 Å². The lowest BCUT2D eigenvalue weighted by Crippen LogP contribution is -2.81. The fourth-order valence-electron chi connectivity index (χ4n) is 2.58. The molecular formula is C12H21N3O9. The smallest absolute Gasteiger partial charge is 0.329 e. The van der Waals surface area contributed by atoms with Gasteiger partial charge in [0, 0.05) is 6.92 Å². The molecule has 1 heterocycles. The predicted molar refractivity (Wildman–Crippen MR) is 74.9 cm³/mol.